The zero-order valence-electron chi connectivity index (χ0n) is 12.3. The highest BCUT2D eigenvalue weighted by molar-refractivity contribution is 5.80. The van der Waals surface area contributed by atoms with Gasteiger partial charge in [-0.05, 0) is 39.0 Å². The van der Waals surface area contributed by atoms with Gasteiger partial charge in [-0.15, -0.1) is 0 Å². The summed E-state index contributed by atoms with van der Waals surface area (Å²) in [5, 5.41) is 6.72. The van der Waals surface area contributed by atoms with Crippen LogP contribution in [0.3, 0.4) is 0 Å². The van der Waals surface area contributed by atoms with E-state index in [-0.39, 0.29) is 0 Å². The van der Waals surface area contributed by atoms with E-state index in [2.05, 4.69) is 22.5 Å². The van der Waals surface area contributed by atoms with Crippen molar-refractivity contribution >= 4 is 5.96 Å². The first-order valence-electron chi connectivity index (χ1n) is 8.05. The van der Waals surface area contributed by atoms with Gasteiger partial charge in [-0.2, -0.15) is 0 Å². The van der Waals surface area contributed by atoms with Gasteiger partial charge >= 0.3 is 0 Å². The predicted octanol–water partition coefficient (Wildman–Crippen LogP) is 2.44. The lowest BCUT2D eigenvalue weighted by Gasteiger charge is -2.21. The second kappa shape index (κ2) is 8.41. The van der Waals surface area contributed by atoms with Crippen molar-refractivity contribution < 1.29 is 4.74 Å². The van der Waals surface area contributed by atoms with Crippen LogP contribution < -0.4 is 10.6 Å². The van der Waals surface area contributed by atoms with Gasteiger partial charge in [0.25, 0.3) is 0 Å². The minimum atomic E-state index is 0.524. The highest BCUT2D eigenvalue weighted by Crippen LogP contribution is 2.20. The molecule has 110 valence electrons. The average Bonchev–Trinajstić information content (AvgIpc) is 3.24. The SMILES string of the molecule is CCNC(=NCCCOC1CCCCC1)NC1CC1. The number of ether oxygens (including phenoxy) is 1. The van der Waals surface area contributed by atoms with Crippen LogP contribution in [0.1, 0.15) is 58.3 Å². The van der Waals surface area contributed by atoms with Crippen molar-refractivity contribution in [3.63, 3.8) is 0 Å². The highest BCUT2D eigenvalue weighted by Gasteiger charge is 2.21. The summed E-state index contributed by atoms with van der Waals surface area (Å²) in [7, 11) is 0. The van der Waals surface area contributed by atoms with Gasteiger partial charge in [-0.1, -0.05) is 19.3 Å². The molecular formula is C15H29N3O. The lowest BCUT2D eigenvalue weighted by atomic mass is 9.98. The van der Waals surface area contributed by atoms with Crippen LogP contribution in [0.5, 0.6) is 0 Å². The maximum absolute atomic E-state index is 5.91. The Morgan fingerprint density at radius 2 is 1.95 bits per heavy atom. The topological polar surface area (TPSA) is 45.7 Å². The van der Waals surface area contributed by atoms with Crippen LogP contribution >= 0.6 is 0 Å². The Kier molecular flexibility index (Phi) is 6.48. The summed E-state index contributed by atoms with van der Waals surface area (Å²) < 4.78 is 5.91. The molecule has 19 heavy (non-hydrogen) atoms. The molecule has 2 saturated carbocycles. The van der Waals surface area contributed by atoms with Gasteiger partial charge in [0, 0.05) is 25.7 Å². The number of nitrogens with one attached hydrogen (secondary N) is 2. The Labute approximate surface area is 117 Å². The summed E-state index contributed by atoms with van der Waals surface area (Å²) in [4.78, 5) is 4.59. The molecule has 2 rings (SSSR count). The monoisotopic (exact) mass is 267 g/mol. The number of rotatable bonds is 7. The van der Waals surface area contributed by atoms with Crippen molar-refractivity contribution in [1.29, 1.82) is 0 Å². The minimum Gasteiger partial charge on any atom is -0.378 e. The highest BCUT2D eigenvalue weighted by atomic mass is 16.5. The molecule has 0 aromatic heterocycles. The van der Waals surface area contributed by atoms with Crippen LogP contribution in [-0.2, 0) is 4.74 Å². The van der Waals surface area contributed by atoms with E-state index in [0.29, 0.717) is 12.1 Å². The molecule has 0 saturated heterocycles. The minimum absolute atomic E-state index is 0.524. The molecule has 2 aliphatic carbocycles. The van der Waals surface area contributed by atoms with E-state index in [4.69, 9.17) is 4.74 Å². The second-order valence-electron chi connectivity index (χ2n) is 5.66. The zero-order valence-corrected chi connectivity index (χ0v) is 12.3. The molecule has 4 nitrogen and oxygen atoms in total. The maximum atomic E-state index is 5.91. The van der Waals surface area contributed by atoms with Crippen LogP contribution in [0.4, 0.5) is 0 Å². The molecule has 4 heteroatoms. The second-order valence-corrected chi connectivity index (χ2v) is 5.66. The van der Waals surface area contributed by atoms with Gasteiger partial charge < -0.3 is 15.4 Å². The lowest BCUT2D eigenvalue weighted by molar-refractivity contribution is 0.0281. The summed E-state index contributed by atoms with van der Waals surface area (Å²) >= 11 is 0. The summed E-state index contributed by atoms with van der Waals surface area (Å²) in [5.41, 5.74) is 0. The predicted molar refractivity (Wildman–Crippen MR) is 79.6 cm³/mol. The summed E-state index contributed by atoms with van der Waals surface area (Å²) in [6.07, 6.45) is 10.7. The Hall–Kier alpha value is -0.770. The van der Waals surface area contributed by atoms with Crippen LogP contribution in [0.2, 0.25) is 0 Å². The molecule has 0 aliphatic heterocycles. The van der Waals surface area contributed by atoms with Crippen LogP contribution in [-0.4, -0.2) is 37.8 Å². The molecule has 0 atom stereocenters. The molecule has 0 amide bonds. The fourth-order valence-corrected chi connectivity index (χ4v) is 2.48. The molecule has 0 radical (unpaired) electrons. The summed E-state index contributed by atoms with van der Waals surface area (Å²) in [5.74, 6) is 0.975. The van der Waals surface area contributed by atoms with Crippen molar-refractivity contribution in [3.05, 3.63) is 0 Å². The van der Waals surface area contributed by atoms with Gasteiger partial charge in [-0.25, -0.2) is 0 Å². The standard InChI is InChI=1S/C15H29N3O/c1-2-16-15(18-13-9-10-13)17-11-6-12-19-14-7-4-3-5-8-14/h13-14H,2-12H2,1H3,(H2,16,17,18). The smallest absolute Gasteiger partial charge is 0.191 e. The van der Waals surface area contributed by atoms with Crippen LogP contribution in [0, 0.1) is 0 Å². The average molecular weight is 267 g/mol. The fourth-order valence-electron chi connectivity index (χ4n) is 2.48. The largest absolute Gasteiger partial charge is 0.378 e. The Morgan fingerprint density at radius 1 is 1.16 bits per heavy atom. The molecule has 2 fully saturated rings. The van der Waals surface area contributed by atoms with Gasteiger partial charge in [0.15, 0.2) is 5.96 Å². The van der Waals surface area contributed by atoms with Gasteiger partial charge in [0.2, 0.25) is 0 Å². The Bertz CT molecular complexity index is 271. The van der Waals surface area contributed by atoms with Gasteiger partial charge in [0.1, 0.15) is 0 Å². The molecular weight excluding hydrogens is 238 g/mol. The normalized spacial score (nSPS) is 21.4. The first-order valence-corrected chi connectivity index (χ1v) is 8.05. The number of hydrogen-bond acceptors (Lipinski definition) is 2. The third-order valence-corrected chi connectivity index (χ3v) is 3.74. The molecule has 2 N–H and O–H groups in total. The molecule has 0 heterocycles. The first kappa shape index (κ1) is 14.6. The first-order chi connectivity index (χ1) is 9.38. The van der Waals surface area contributed by atoms with Crippen LogP contribution in [0.25, 0.3) is 0 Å². The van der Waals surface area contributed by atoms with E-state index < -0.39 is 0 Å². The fraction of sp³-hybridized carbons (Fsp3) is 0.933. The number of guanidine groups is 1. The quantitative estimate of drug-likeness (QED) is 0.423. The van der Waals surface area contributed by atoms with Crippen molar-refractivity contribution in [2.75, 3.05) is 19.7 Å². The summed E-state index contributed by atoms with van der Waals surface area (Å²) in [6.45, 7) is 4.75. The third-order valence-electron chi connectivity index (χ3n) is 3.74. The van der Waals surface area contributed by atoms with Gasteiger partial charge in [0.05, 0.1) is 6.10 Å². The molecule has 0 unspecified atom stereocenters. The van der Waals surface area contributed by atoms with Crippen molar-refractivity contribution in [3.8, 4) is 0 Å². The van der Waals surface area contributed by atoms with E-state index in [9.17, 15) is 0 Å². The number of nitrogens with zero attached hydrogens (tertiary/aromatic N) is 1. The summed E-state index contributed by atoms with van der Waals surface area (Å²) in [6, 6.07) is 0.663. The van der Waals surface area contributed by atoms with E-state index in [1.807, 2.05) is 0 Å². The molecule has 2 aliphatic rings. The number of hydrogen-bond donors (Lipinski definition) is 2. The van der Waals surface area contributed by atoms with Crippen molar-refractivity contribution in [2.45, 2.75) is 70.4 Å². The molecule has 0 spiro atoms. The third kappa shape index (κ3) is 6.28. The van der Waals surface area contributed by atoms with E-state index in [1.54, 1.807) is 0 Å². The van der Waals surface area contributed by atoms with E-state index >= 15 is 0 Å². The van der Waals surface area contributed by atoms with E-state index in [0.717, 1.165) is 32.1 Å². The molecule has 0 aromatic carbocycles. The Morgan fingerprint density at radius 3 is 2.63 bits per heavy atom. The van der Waals surface area contributed by atoms with Crippen LogP contribution in [0.15, 0.2) is 4.99 Å². The van der Waals surface area contributed by atoms with Crippen molar-refractivity contribution in [1.82, 2.24) is 10.6 Å². The number of aliphatic imine (C=N–C) groups is 1. The maximum Gasteiger partial charge on any atom is 0.191 e. The Balaban J connectivity index is 1.54. The zero-order chi connectivity index (χ0) is 13.3. The lowest BCUT2D eigenvalue weighted by Crippen LogP contribution is -2.38. The van der Waals surface area contributed by atoms with Crippen molar-refractivity contribution in [2.24, 2.45) is 4.99 Å². The molecule has 0 aromatic rings. The van der Waals surface area contributed by atoms with Gasteiger partial charge in [-0.3, -0.25) is 4.99 Å². The van der Waals surface area contributed by atoms with E-state index in [1.165, 1.54) is 44.9 Å². The molecule has 0 bridgehead atoms.